The molecule has 5 nitrogen and oxygen atoms in total. The summed E-state index contributed by atoms with van der Waals surface area (Å²) in [5.74, 6) is -0.135. The van der Waals surface area contributed by atoms with Crippen LogP contribution < -0.4 is 10.2 Å². The number of anilines is 2. The number of benzene rings is 2. The van der Waals surface area contributed by atoms with Crippen molar-refractivity contribution in [3.05, 3.63) is 59.2 Å². The number of hydrogen-bond donors (Lipinski definition) is 1. The minimum atomic E-state index is -0.153. The lowest BCUT2D eigenvalue weighted by molar-refractivity contribution is 0.0773. The minimum absolute atomic E-state index is 0.0180. The van der Waals surface area contributed by atoms with Gasteiger partial charge in [-0.2, -0.15) is 0 Å². The van der Waals surface area contributed by atoms with Crippen molar-refractivity contribution in [3.8, 4) is 0 Å². The van der Waals surface area contributed by atoms with Crippen molar-refractivity contribution in [1.29, 1.82) is 0 Å². The Kier molecular flexibility index (Phi) is 8.72. The number of carbonyl (C=O) groups is 2. The van der Waals surface area contributed by atoms with Crippen molar-refractivity contribution in [1.82, 2.24) is 4.90 Å². The molecule has 0 aromatic heterocycles. The van der Waals surface area contributed by atoms with Crippen LogP contribution >= 0.6 is 0 Å². The third-order valence-electron chi connectivity index (χ3n) is 6.27. The van der Waals surface area contributed by atoms with Gasteiger partial charge in [0.1, 0.15) is 0 Å². The van der Waals surface area contributed by atoms with Crippen LogP contribution in [0.25, 0.3) is 0 Å². The highest BCUT2D eigenvalue weighted by Crippen LogP contribution is 2.29. The van der Waals surface area contributed by atoms with Crippen LogP contribution in [-0.2, 0) is 6.42 Å². The monoisotopic (exact) mass is 435 g/mol. The topological polar surface area (TPSA) is 52.7 Å². The van der Waals surface area contributed by atoms with Crippen molar-refractivity contribution >= 4 is 23.2 Å². The van der Waals surface area contributed by atoms with Crippen LogP contribution in [0.5, 0.6) is 0 Å². The van der Waals surface area contributed by atoms with Gasteiger partial charge in [0, 0.05) is 43.1 Å². The summed E-state index contributed by atoms with van der Waals surface area (Å²) in [6, 6.07) is 13.6. The summed E-state index contributed by atoms with van der Waals surface area (Å²) >= 11 is 0. The van der Waals surface area contributed by atoms with Gasteiger partial charge in [-0.1, -0.05) is 31.9 Å². The molecule has 0 atom stereocenters. The summed E-state index contributed by atoms with van der Waals surface area (Å²) in [5.41, 5.74) is 4.18. The maximum atomic E-state index is 13.2. The van der Waals surface area contributed by atoms with Crippen LogP contribution in [0, 0.1) is 0 Å². The fourth-order valence-electron chi connectivity index (χ4n) is 4.31. The Morgan fingerprint density at radius 2 is 1.62 bits per heavy atom. The van der Waals surface area contributed by atoms with Gasteiger partial charge in [-0.25, -0.2) is 0 Å². The molecule has 5 heteroatoms. The summed E-state index contributed by atoms with van der Waals surface area (Å²) in [5, 5.41) is 2.99. The first kappa shape index (κ1) is 23.8. The molecule has 1 N–H and O–H groups in total. The van der Waals surface area contributed by atoms with Gasteiger partial charge in [-0.05, 0) is 75.4 Å². The molecule has 0 radical (unpaired) electrons. The van der Waals surface area contributed by atoms with Crippen LogP contribution in [0.3, 0.4) is 0 Å². The second kappa shape index (κ2) is 11.7. The van der Waals surface area contributed by atoms with E-state index in [2.05, 4.69) is 17.1 Å². The molecule has 1 saturated heterocycles. The number of rotatable bonds is 10. The quantitative estimate of drug-likeness (QED) is 0.483. The molecule has 0 unspecified atom stereocenters. The smallest absolute Gasteiger partial charge is 0.256 e. The number of amides is 2. The Bertz CT molecular complexity index is 898. The first-order valence-electron chi connectivity index (χ1n) is 12.2. The van der Waals surface area contributed by atoms with Crippen molar-refractivity contribution in [3.63, 3.8) is 0 Å². The van der Waals surface area contributed by atoms with Crippen molar-refractivity contribution in [2.45, 2.75) is 59.3 Å². The van der Waals surface area contributed by atoms with E-state index in [4.69, 9.17) is 0 Å². The van der Waals surface area contributed by atoms with E-state index < -0.39 is 0 Å². The normalized spacial score (nSPS) is 13.3. The predicted molar refractivity (Wildman–Crippen MR) is 133 cm³/mol. The lowest BCUT2D eigenvalue weighted by atomic mass is 10.0. The number of carbonyl (C=O) groups excluding carboxylic acids is 2. The fraction of sp³-hybridized carbons (Fsp3) is 0.481. The molecule has 0 spiro atoms. The Labute approximate surface area is 192 Å². The first-order chi connectivity index (χ1) is 15.6. The molecule has 32 heavy (non-hydrogen) atoms. The van der Waals surface area contributed by atoms with E-state index in [0.29, 0.717) is 29.9 Å². The van der Waals surface area contributed by atoms with E-state index in [1.54, 1.807) is 0 Å². The third-order valence-corrected chi connectivity index (χ3v) is 6.27. The van der Waals surface area contributed by atoms with E-state index >= 15 is 0 Å². The van der Waals surface area contributed by atoms with E-state index in [1.807, 2.05) is 61.2 Å². The van der Waals surface area contributed by atoms with Gasteiger partial charge >= 0.3 is 0 Å². The van der Waals surface area contributed by atoms with Crippen molar-refractivity contribution < 1.29 is 9.59 Å². The molecular formula is C27H37N3O2. The minimum Gasteiger partial charge on any atom is -0.371 e. The fourth-order valence-corrected chi connectivity index (χ4v) is 4.31. The molecule has 3 rings (SSSR count). The number of unbranched alkanes of at least 4 members (excludes halogenated alkanes) is 2. The lowest BCUT2D eigenvalue weighted by Crippen LogP contribution is -2.32. The Morgan fingerprint density at radius 3 is 2.25 bits per heavy atom. The molecule has 2 aromatic carbocycles. The molecule has 2 amide bonds. The number of hydrogen-bond acceptors (Lipinski definition) is 3. The average molecular weight is 436 g/mol. The van der Waals surface area contributed by atoms with E-state index in [-0.39, 0.29) is 11.8 Å². The van der Waals surface area contributed by atoms with Gasteiger partial charge in [0.05, 0.1) is 5.56 Å². The van der Waals surface area contributed by atoms with Crippen LogP contribution in [0.15, 0.2) is 42.5 Å². The second-order valence-electron chi connectivity index (χ2n) is 8.51. The van der Waals surface area contributed by atoms with Gasteiger partial charge in [0.2, 0.25) is 0 Å². The zero-order valence-electron chi connectivity index (χ0n) is 19.8. The highest BCUT2D eigenvalue weighted by Gasteiger charge is 2.23. The summed E-state index contributed by atoms with van der Waals surface area (Å²) in [6.45, 7) is 9.45. The molecular weight excluding hydrogens is 398 g/mol. The summed E-state index contributed by atoms with van der Waals surface area (Å²) in [6.07, 6.45) is 6.94. The summed E-state index contributed by atoms with van der Waals surface area (Å²) < 4.78 is 0. The van der Waals surface area contributed by atoms with E-state index in [0.717, 1.165) is 38.0 Å². The number of nitrogens with zero attached hydrogens (tertiary/aromatic N) is 2. The first-order valence-corrected chi connectivity index (χ1v) is 12.2. The van der Waals surface area contributed by atoms with Crippen LogP contribution in [0.4, 0.5) is 11.4 Å². The molecule has 1 aliphatic rings. The highest BCUT2D eigenvalue weighted by atomic mass is 16.2. The van der Waals surface area contributed by atoms with Crippen LogP contribution in [-0.4, -0.2) is 42.9 Å². The van der Waals surface area contributed by atoms with Gasteiger partial charge in [0.25, 0.3) is 11.8 Å². The second-order valence-corrected chi connectivity index (χ2v) is 8.51. The Morgan fingerprint density at radius 1 is 0.938 bits per heavy atom. The van der Waals surface area contributed by atoms with E-state index in [9.17, 15) is 9.59 Å². The van der Waals surface area contributed by atoms with Gasteiger partial charge in [-0.3, -0.25) is 9.59 Å². The van der Waals surface area contributed by atoms with Crippen molar-refractivity contribution in [2.75, 3.05) is 36.4 Å². The molecule has 1 aliphatic heterocycles. The molecule has 1 fully saturated rings. The van der Waals surface area contributed by atoms with E-state index in [1.165, 1.54) is 24.8 Å². The van der Waals surface area contributed by atoms with Crippen LogP contribution in [0.1, 0.15) is 79.2 Å². The third kappa shape index (κ3) is 5.90. The van der Waals surface area contributed by atoms with Gasteiger partial charge in [0.15, 0.2) is 0 Å². The van der Waals surface area contributed by atoms with Gasteiger partial charge in [-0.15, -0.1) is 0 Å². The largest absolute Gasteiger partial charge is 0.371 e. The Hall–Kier alpha value is -2.82. The predicted octanol–water partition coefficient (Wildman–Crippen LogP) is 5.75. The van der Waals surface area contributed by atoms with Crippen LogP contribution in [0.2, 0.25) is 0 Å². The number of nitrogens with one attached hydrogen (secondary N) is 1. The number of aryl methyl sites for hydroxylation is 1. The zero-order chi connectivity index (χ0) is 22.9. The average Bonchev–Trinajstić information content (AvgIpc) is 3.35. The Balaban J connectivity index is 1.78. The molecule has 2 aromatic rings. The van der Waals surface area contributed by atoms with Gasteiger partial charge < -0.3 is 15.1 Å². The standard InChI is InChI=1S/C27H37N3O2/c1-4-7-8-11-21-12-14-22(15-13-21)26(31)28-23-16-17-25(30-18-9-10-19-30)24(20-23)27(32)29(5-2)6-3/h12-17,20H,4-11,18-19H2,1-3H3,(H,28,31). The lowest BCUT2D eigenvalue weighted by Gasteiger charge is -2.25. The molecule has 1 heterocycles. The molecule has 0 saturated carbocycles. The summed E-state index contributed by atoms with van der Waals surface area (Å²) in [4.78, 5) is 30.2. The maximum Gasteiger partial charge on any atom is 0.256 e. The van der Waals surface area contributed by atoms with Crippen molar-refractivity contribution in [2.24, 2.45) is 0 Å². The molecule has 0 aliphatic carbocycles. The zero-order valence-corrected chi connectivity index (χ0v) is 19.8. The summed E-state index contributed by atoms with van der Waals surface area (Å²) in [7, 11) is 0. The SMILES string of the molecule is CCCCCc1ccc(C(=O)Nc2ccc(N3CCCC3)c(C(=O)N(CC)CC)c2)cc1. The molecule has 0 bridgehead atoms. The maximum absolute atomic E-state index is 13.2. The highest BCUT2D eigenvalue weighted by molar-refractivity contribution is 6.06. The molecule has 172 valence electrons.